The van der Waals surface area contributed by atoms with Gasteiger partial charge in [-0.1, -0.05) is 54.8 Å². The zero-order chi connectivity index (χ0) is 24.2. The highest BCUT2D eigenvalue weighted by Crippen LogP contribution is 2.35. The van der Waals surface area contributed by atoms with Gasteiger partial charge in [0.2, 0.25) is 23.6 Å². The van der Waals surface area contributed by atoms with Crippen molar-refractivity contribution >= 4 is 23.6 Å². The predicted octanol–water partition coefficient (Wildman–Crippen LogP) is 3.11. The molecule has 1 N–H and O–H groups in total. The van der Waals surface area contributed by atoms with E-state index in [-0.39, 0.29) is 54.5 Å². The van der Waals surface area contributed by atoms with Crippen molar-refractivity contribution < 1.29 is 19.2 Å². The maximum atomic E-state index is 13.4. The molecule has 1 heterocycles. The molecule has 2 aliphatic carbocycles. The zero-order valence-corrected chi connectivity index (χ0v) is 20.2. The average molecular weight is 466 g/mol. The van der Waals surface area contributed by atoms with E-state index in [4.69, 9.17) is 0 Å². The summed E-state index contributed by atoms with van der Waals surface area (Å²) in [5.74, 6) is -1.34. The van der Waals surface area contributed by atoms with Gasteiger partial charge >= 0.3 is 0 Å². The zero-order valence-electron chi connectivity index (χ0n) is 20.2. The molecule has 3 aliphatic rings. The van der Waals surface area contributed by atoms with E-state index in [1.54, 1.807) is 11.8 Å². The third kappa shape index (κ3) is 5.24. The molecule has 1 saturated carbocycles. The first-order valence-electron chi connectivity index (χ1n) is 12.5. The monoisotopic (exact) mass is 465 g/mol. The Hall–Kier alpha value is -2.96. The number of amides is 4. The minimum absolute atomic E-state index is 0.0111. The largest absolute Gasteiger partial charge is 0.352 e. The fourth-order valence-corrected chi connectivity index (χ4v) is 5.42. The van der Waals surface area contributed by atoms with Crippen LogP contribution >= 0.6 is 0 Å². The van der Waals surface area contributed by atoms with E-state index in [2.05, 4.69) is 5.32 Å². The molecule has 34 heavy (non-hydrogen) atoms. The van der Waals surface area contributed by atoms with Crippen LogP contribution in [0.1, 0.15) is 63.0 Å². The maximum absolute atomic E-state index is 13.4. The van der Waals surface area contributed by atoms with Crippen molar-refractivity contribution in [1.29, 1.82) is 0 Å². The fourth-order valence-electron chi connectivity index (χ4n) is 5.42. The van der Waals surface area contributed by atoms with E-state index in [0.717, 1.165) is 36.8 Å². The number of hydrogen-bond donors (Lipinski definition) is 1. The smallest absolute Gasteiger partial charge is 0.242 e. The van der Waals surface area contributed by atoms with Crippen LogP contribution in [0.15, 0.2) is 36.4 Å². The van der Waals surface area contributed by atoms with Crippen LogP contribution in [0.25, 0.3) is 0 Å². The topological polar surface area (TPSA) is 86.8 Å². The number of benzene rings is 1. The summed E-state index contributed by atoms with van der Waals surface area (Å²) in [6.07, 6.45) is 9.25. The number of likely N-dealkylation sites (tertiary alicyclic amines) is 1. The molecule has 0 bridgehead atoms. The Morgan fingerprint density at radius 1 is 1.09 bits per heavy atom. The van der Waals surface area contributed by atoms with Gasteiger partial charge in [-0.05, 0) is 45.1 Å². The lowest BCUT2D eigenvalue weighted by Crippen LogP contribution is -2.50. The molecule has 0 aromatic heterocycles. The van der Waals surface area contributed by atoms with E-state index in [9.17, 15) is 19.2 Å². The summed E-state index contributed by atoms with van der Waals surface area (Å²) in [6.45, 7) is 4.11. The van der Waals surface area contributed by atoms with Crippen LogP contribution < -0.4 is 5.32 Å². The highest BCUT2D eigenvalue weighted by Gasteiger charge is 2.47. The van der Waals surface area contributed by atoms with Gasteiger partial charge in [0.05, 0.1) is 11.8 Å². The van der Waals surface area contributed by atoms with Gasteiger partial charge in [0.15, 0.2) is 0 Å². The van der Waals surface area contributed by atoms with E-state index < -0.39 is 6.04 Å². The molecule has 0 spiro atoms. The van der Waals surface area contributed by atoms with Crippen LogP contribution in [0, 0.1) is 18.8 Å². The summed E-state index contributed by atoms with van der Waals surface area (Å²) in [4.78, 5) is 54.8. The predicted molar refractivity (Wildman–Crippen MR) is 128 cm³/mol. The number of nitrogens with zero attached hydrogens (tertiary/aromatic N) is 2. The van der Waals surface area contributed by atoms with Gasteiger partial charge in [-0.2, -0.15) is 0 Å². The summed E-state index contributed by atoms with van der Waals surface area (Å²) in [5, 5.41) is 3.10. The second-order valence-corrected chi connectivity index (χ2v) is 9.91. The van der Waals surface area contributed by atoms with Gasteiger partial charge in [-0.25, -0.2) is 0 Å². The van der Waals surface area contributed by atoms with Gasteiger partial charge < -0.3 is 10.2 Å². The van der Waals surface area contributed by atoms with E-state index in [1.165, 1.54) is 4.90 Å². The van der Waals surface area contributed by atoms with Crippen molar-refractivity contribution in [3.8, 4) is 0 Å². The molecule has 1 aliphatic heterocycles. The van der Waals surface area contributed by atoms with E-state index in [1.807, 2.05) is 43.3 Å². The van der Waals surface area contributed by atoms with Crippen molar-refractivity contribution in [3.63, 3.8) is 0 Å². The Balaban J connectivity index is 1.45. The minimum atomic E-state index is -0.648. The van der Waals surface area contributed by atoms with Crippen molar-refractivity contribution in [2.75, 3.05) is 6.54 Å². The third-order valence-corrected chi connectivity index (χ3v) is 7.45. The van der Waals surface area contributed by atoms with Crippen LogP contribution in [-0.4, -0.2) is 52.1 Å². The average Bonchev–Trinajstić information content (AvgIpc) is 3.42. The molecule has 182 valence electrons. The van der Waals surface area contributed by atoms with Gasteiger partial charge in [0.25, 0.3) is 0 Å². The molecule has 7 heteroatoms. The van der Waals surface area contributed by atoms with Crippen LogP contribution in [0.4, 0.5) is 0 Å². The minimum Gasteiger partial charge on any atom is -0.352 e. The highest BCUT2D eigenvalue weighted by molar-refractivity contribution is 6.05. The number of carbonyl (C=O) groups excluding carboxylic acids is 4. The lowest BCUT2D eigenvalue weighted by molar-refractivity contribution is -0.144. The second kappa shape index (κ2) is 10.5. The molecule has 3 atom stereocenters. The summed E-state index contributed by atoms with van der Waals surface area (Å²) in [6, 6.07) is 7.40. The third-order valence-electron chi connectivity index (χ3n) is 7.45. The van der Waals surface area contributed by atoms with Crippen molar-refractivity contribution in [3.05, 3.63) is 47.5 Å². The summed E-state index contributed by atoms with van der Waals surface area (Å²) in [5.41, 5.74) is 2.02. The summed E-state index contributed by atoms with van der Waals surface area (Å²) >= 11 is 0. The normalized spacial score (nSPS) is 23.2. The van der Waals surface area contributed by atoms with Gasteiger partial charge in [-0.3, -0.25) is 24.1 Å². The van der Waals surface area contributed by atoms with Crippen LogP contribution in [0.2, 0.25) is 0 Å². The van der Waals surface area contributed by atoms with Gasteiger partial charge in [0.1, 0.15) is 6.04 Å². The Bertz CT molecular complexity index is 956. The Morgan fingerprint density at radius 2 is 1.74 bits per heavy atom. The second-order valence-electron chi connectivity index (χ2n) is 9.91. The molecular formula is C27H35N3O4. The Kier molecular flexibility index (Phi) is 7.49. The summed E-state index contributed by atoms with van der Waals surface area (Å²) < 4.78 is 0. The van der Waals surface area contributed by atoms with Gasteiger partial charge in [-0.15, -0.1) is 0 Å². The lowest BCUT2D eigenvalue weighted by atomic mass is 9.85. The highest BCUT2D eigenvalue weighted by atomic mass is 16.2. The SMILES string of the molecule is Cc1cccc(CN(C(=O)CCN2C(=O)[C@H]3CC=CC[C@H]3C2=O)[C@H](C)C(=O)NC2CCCC2)c1. The number of carbonyl (C=O) groups is 4. The van der Waals surface area contributed by atoms with Crippen molar-refractivity contribution in [1.82, 2.24) is 15.1 Å². The first-order chi connectivity index (χ1) is 16.3. The van der Waals surface area contributed by atoms with Crippen molar-refractivity contribution in [2.24, 2.45) is 11.8 Å². The Morgan fingerprint density at radius 3 is 2.35 bits per heavy atom. The molecule has 4 rings (SSSR count). The lowest BCUT2D eigenvalue weighted by Gasteiger charge is -2.30. The van der Waals surface area contributed by atoms with Gasteiger partial charge in [0, 0.05) is 25.6 Å². The summed E-state index contributed by atoms with van der Waals surface area (Å²) in [7, 11) is 0. The van der Waals surface area contributed by atoms with Crippen LogP contribution in [0.5, 0.6) is 0 Å². The molecule has 7 nitrogen and oxygen atoms in total. The quantitative estimate of drug-likeness (QED) is 0.472. The first kappa shape index (κ1) is 24.2. The Labute approximate surface area is 201 Å². The molecule has 1 saturated heterocycles. The molecule has 0 radical (unpaired) electrons. The number of fused-ring (bicyclic) bond motifs is 1. The molecule has 1 aromatic carbocycles. The number of nitrogens with one attached hydrogen (secondary N) is 1. The van der Waals surface area contributed by atoms with Crippen molar-refractivity contribution in [2.45, 2.75) is 77.4 Å². The van der Waals surface area contributed by atoms with Crippen LogP contribution in [0.3, 0.4) is 0 Å². The van der Waals surface area contributed by atoms with E-state index >= 15 is 0 Å². The molecule has 2 fully saturated rings. The molecular weight excluding hydrogens is 430 g/mol. The standard InChI is InChI=1S/C27H35N3O4/c1-18-8-7-9-20(16-18)17-30(19(2)25(32)28-21-10-3-4-11-21)24(31)14-15-29-26(33)22-12-5-6-13-23(22)27(29)34/h5-9,16,19,21-23H,3-4,10-15,17H2,1-2H3,(H,28,32)/t19-,22-,23+/m1/s1. The van der Waals surface area contributed by atoms with E-state index in [0.29, 0.717) is 19.4 Å². The molecule has 4 amide bonds. The number of aryl methyl sites for hydroxylation is 1. The maximum Gasteiger partial charge on any atom is 0.242 e. The fraction of sp³-hybridized carbons (Fsp3) is 0.556. The molecule has 1 aromatic rings. The van der Waals surface area contributed by atoms with Crippen LogP contribution in [-0.2, 0) is 25.7 Å². The number of rotatable bonds is 8. The number of allylic oxidation sites excluding steroid dienone is 2. The number of imide groups is 1. The first-order valence-corrected chi connectivity index (χ1v) is 12.5. The number of hydrogen-bond acceptors (Lipinski definition) is 4. The molecule has 0 unspecified atom stereocenters.